The van der Waals surface area contributed by atoms with Crippen molar-refractivity contribution in [2.45, 2.75) is 38.7 Å². The predicted octanol–water partition coefficient (Wildman–Crippen LogP) is 2.33. The third-order valence-corrected chi connectivity index (χ3v) is 4.66. The molecule has 0 unspecified atom stereocenters. The van der Waals surface area contributed by atoms with Crippen LogP contribution in [0.2, 0.25) is 0 Å². The molecule has 0 aliphatic carbocycles. The zero-order chi connectivity index (χ0) is 20.0. The first kappa shape index (κ1) is 22.5. The Kier molecular flexibility index (Phi) is 10.7. The third kappa shape index (κ3) is 8.91. The number of nitrogens with zero attached hydrogens (tertiary/aromatic N) is 2. The Morgan fingerprint density at radius 3 is 2.82 bits per heavy atom. The summed E-state index contributed by atoms with van der Waals surface area (Å²) in [6, 6.07) is 7.92. The van der Waals surface area contributed by atoms with Gasteiger partial charge in [-0.2, -0.15) is 0 Å². The summed E-state index contributed by atoms with van der Waals surface area (Å²) in [4.78, 5) is 7.10. The molecule has 28 heavy (non-hydrogen) atoms. The number of benzene rings is 1. The first-order chi connectivity index (χ1) is 13.7. The number of guanidine groups is 1. The number of hydrogen-bond donors (Lipinski definition) is 3. The Hall–Kier alpha value is -1.83. The molecule has 0 saturated carbocycles. The van der Waals surface area contributed by atoms with Crippen LogP contribution in [0.4, 0.5) is 5.69 Å². The second-order valence-electron chi connectivity index (χ2n) is 7.03. The van der Waals surface area contributed by atoms with Gasteiger partial charge in [-0.05, 0) is 44.9 Å². The van der Waals surface area contributed by atoms with Crippen molar-refractivity contribution in [2.24, 2.45) is 4.99 Å². The lowest BCUT2D eigenvalue weighted by Gasteiger charge is -2.29. The largest absolute Gasteiger partial charge is 0.493 e. The Morgan fingerprint density at radius 2 is 2.07 bits per heavy atom. The summed E-state index contributed by atoms with van der Waals surface area (Å²) in [5, 5.41) is 16.2. The van der Waals surface area contributed by atoms with Crippen LogP contribution in [0.1, 0.15) is 32.6 Å². The fourth-order valence-corrected chi connectivity index (χ4v) is 3.13. The van der Waals surface area contributed by atoms with Gasteiger partial charge in [0.15, 0.2) is 5.96 Å². The van der Waals surface area contributed by atoms with Crippen molar-refractivity contribution in [1.29, 1.82) is 0 Å². The number of nitrogens with one attached hydrogen (secondary N) is 2. The molecule has 1 heterocycles. The molecule has 3 N–H and O–H groups in total. The first-order valence-electron chi connectivity index (χ1n) is 10.4. The van der Waals surface area contributed by atoms with E-state index in [0.29, 0.717) is 13.2 Å². The van der Waals surface area contributed by atoms with E-state index in [4.69, 9.17) is 9.47 Å². The third-order valence-electron chi connectivity index (χ3n) is 4.66. The molecule has 7 heteroatoms. The first-order valence-corrected chi connectivity index (χ1v) is 10.4. The van der Waals surface area contributed by atoms with Gasteiger partial charge in [0.1, 0.15) is 5.75 Å². The van der Waals surface area contributed by atoms with E-state index in [1.165, 1.54) is 0 Å². The van der Waals surface area contributed by atoms with E-state index < -0.39 is 0 Å². The maximum absolute atomic E-state index is 9.58. The molecule has 0 radical (unpaired) electrons. The summed E-state index contributed by atoms with van der Waals surface area (Å²) < 4.78 is 10.8. The van der Waals surface area contributed by atoms with Gasteiger partial charge in [-0.1, -0.05) is 6.07 Å². The molecule has 0 amide bonds. The minimum absolute atomic E-state index is 0.112. The van der Waals surface area contributed by atoms with Crippen LogP contribution in [0.15, 0.2) is 29.3 Å². The van der Waals surface area contributed by atoms with E-state index in [2.05, 4.69) is 27.4 Å². The Labute approximate surface area is 169 Å². The van der Waals surface area contributed by atoms with Gasteiger partial charge in [-0.3, -0.25) is 4.99 Å². The van der Waals surface area contributed by atoms with Crippen molar-refractivity contribution in [2.75, 3.05) is 58.4 Å². The summed E-state index contributed by atoms with van der Waals surface area (Å²) in [6.07, 6.45) is 3.54. The van der Waals surface area contributed by atoms with Crippen molar-refractivity contribution in [3.05, 3.63) is 24.3 Å². The smallest absolute Gasteiger partial charge is 0.195 e. The van der Waals surface area contributed by atoms with Crippen molar-refractivity contribution in [3.63, 3.8) is 0 Å². The topological polar surface area (TPSA) is 78.4 Å². The second kappa shape index (κ2) is 13.4. The number of aliphatic hydroxyl groups is 1. The van der Waals surface area contributed by atoms with Gasteiger partial charge in [0.25, 0.3) is 0 Å². The molecule has 1 aliphatic rings. The Bertz CT molecular complexity index is 575. The van der Waals surface area contributed by atoms with Gasteiger partial charge in [0.2, 0.25) is 0 Å². The van der Waals surface area contributed by atoms with Gasteiger partial charge < -0.3 is 30.1 Å². The number of aliphatic imine (C=N–C) groups is 1. The Balaban J connectivity index is 1.78. The van der Waals surface area contributed by atoms with Crippen molar-refractivity contribution in [3.8, 4) is 5.75 Å². The number of ether oxygens (including phenoxy) is 2. The van der Waals surface area contributed by atoms with Crippen molar-refractivity contribution in [1.82, 2.24) is 10.2 Å². The van der Waals surface area contributed by atoms with E-state index in [-0.39, 0.29) is 6.10 Å². The highest BCUT2D eigenvalue weighted by molar-refractivity contribution is 5.93. The van der Waals surface area contributed by atoms with Crippen molar-refractivity contribution >= 4 is 11.6 Å². The summed E-state index contributed by atoms with van der Waals surface area (Å²) in [5.74, 6) is 1.62. The molecular formula is C21H36N4O3. The van der Waals surface area contributed by atoms with Crippen LogP contribution in [-0.2, 0) is 4.74 Å². The molecule has 7 nitrogen and oxygen atoms in total. The standard InChI is InChI=1S/C21H36N4O3/c1-3-22-21(23-11-5-12-25-13-9-19(26)10-14-25)24-18-7-4-8-20(17-18)28-16-6-15-27-2/h4,7-8,17,19,26H,3,5-6,9-16H2,1-2H3,(H2,22,23,24). The van der Waals surface area contributed by atoms with Crippen LogP contribution < -0.4 is 15.4 Å². The zero-order valence-electron chi connectivity index (χ0n) is 17.3. The van der Waals surface area contributed by atoms with E-state index in [9.17, 15) is 5.11 Å². The molecule has 1 aromatic rings. The normalized spacial score (nSPS) is 16.2. The minimum Gasteiger partial charge on any atom is -0.493 e. The van der Waals surface area contributed by atoms with Crippen LogP contribution >= 0.6 is 0 Å². The average Bonchev–Trinajstić information content (AvgIpc) is 2.70. The molecular weight excluding hydrogens is 356 g/mol. The molecule has 0 spiro atoms. The molecule has 158 valence electrons. The second-order valence-corrected chi connectivity index (χ2v) is 7.03. The maximum atomic E-state index is 9.58. The van der Waals surface area contributed by atoms with Crippen molar-refractivity contribution < 1.29 is 14.6 Å². The fraction of sp³-hybridized carbons (Fsp3) is 0.667. The fourth-order valence-electron chi connectivity index (χ4n) is 3.13. The number of likely N-dealkylation sites (tertiary alicyclic amines) is 1. The molecule has 1 fully saturated rings. The maximum Gasteiger partial charge on any atom is 0.195 e. The van der Waals surface area contributed by atoms with E-state index in [1.54, 1.807) is 7.11 Å². The van der Waals surface area contributed by atoms with Crippen LogP contribution in [0, 0.1) is 0 Å². The number of rotatable bonds is 11. The number of anilines is 1. The van der Waals surface area contributed by atoms with Crippen LogP contribution in [0.3, 0.4) is 0 Å². The lowest BCUT2D eigenvalue weighted by Crippen LogP contribution is -2.36. The molecule has 2 rings (SSSR count). The summed E-state index contributed by atoms with van der Waals surface area (Å²) >= 11 is 0. The number of hydrogen-bond acceptors (Lipinski definition) is 5. The Morgan fingerprint density at radius 1 is 1.25 bits per heavy atom. The lowest BCUT2D eigenvalue weighted by molar-refractivity contribution is 0.0824. The highest BCUT2D eigenvalue weighted by atomic mass is 16.5. The highest BCUT2D eigenvalue weighted by Crippen LogP contribution is 2.17. The summed E-state index contributed by atoms with van der Waals surface area (Å²) in [5.41, 5.74) is 0.953. The van der Waals surface area contributed by atoms with E-state index in [1.807, 2.05) is 24.3 Å². The van der Waals surface area contributed by atoms with Gasteiger partial charge >= 0.3 is 0 Å². The summed E-state index contributed by atoms with van der Waals surface area (Å²) in [7, 11) is 1.70. The molecule has 0 atom stereocenters. The monoisotopic (exact) mass is 392 g/mol. The summed E-state index contributed by atoms with van der Waals surface area (Å²) in [6.45, 7) is 7.98. The van der Waals surface area contributed by atoms with Gasteiger partial charge in [-0.25, -0.2) is 0 Å². The zero-order valence-corrected chi connectivity index (χ0v) is 17.3. The van der Waals surface area contributed by atoms with Gasteiger partial charge in [-0.15, -0.1) is 0 Å². The van der Waals surface area contributed by atoms with E-state index >= 15 is 0 Å². The molecule has 1 saturated heterocycles. The highest BCUT2D eigenvalue weighted by Gasteiger charge is 2.15. The quantitative estimate of drug-likeness (QED) is 0.305. The predicted molar refractivity (Wildman–Crippen MR) is 114 cm³/mol. The lowest BCUT2D eigenvalue weighted by atomic mass is 10.1. The minimum atomic E-state index is -0.112. The van der Waals surface area contributed by atoms with Gasteiger partial charge in [0.05, 0.1) is 12.7 Å². The van der Waals surface area contributed by atoms with E-state index in [0.717, 1.165) is 75.8 Å². The van der Waals surface area contributed by atoms with Crippen LogP contribution in [-0.4, -0.2) is 75.1 Å². The number of methoxy groups -OCH3 is 1. The van der Waals surface area contributed by atoms with Crippen LogP contribution in [0.5, 0.6) is 5.75 Å². The number of aliphatic hydroxyl groups excluding tert-OH is 1. The SMILES string of the molecule is CCNC(=NCCCN1CCC(O)CC1)Nc1cccc(OCCCOC)c1. The molecule has 1 aromatic carbocycles. The molecule has 1 aliphatic heterocycles. The average molecular weight is 393 g/mol. The molecule has 0 aromatic heterocycles. The molecule has 0 bridgehead atoms. The number of piperidine rings is 1. The van der Waals surface area contributed by atoms with Crippen LogP contribution in [0.25, 0.3) is 0 Å². The van der Waals surface area contributed by atoms with Gasteiger partial charge in [0, 0.05) is 58.1 Å².